The molecule has 168 valence electrons. The summed E-state index contributed by atoms with van der Waals surface area (Å²) in [6.07, 6.45) is 3.63. The summed E-state index contributed by atoms with van der Waals surface area (Å²) in [5, 5.41) is 3.31. The van der Waals surface area contributed by atoms with Gasteiger partial charge in [-0.05, 0) is 61.4 Å². The number of nitrogens with zero attached hydrogens (tertiary/aromatic N) is 3. The molecule has 0 saturated carbocycles. The van der Waals surface area contributed by atoms with Gasteiger partial charge in [-0.2, -0.15) is 0 Å². The van der Waals surface area contributed by atoms with Crippen molar-refractivity contribution in [3.05, 3.63) is 77.9 Å². The molecule has 0 amide bonds. The van der Waals surface area contributed by atoms with E-state index in [0.717, 1.165) is 33.7 Å². The maximum Gasteiger partial charge on any atom is 0.161 e. The Morgan fingerprint density at radius 2 is 1.91 bits per heavy atom. The minimum absolute atomic E-state index is 0.0539. The van der Waals surface area contributed by atoms with Crippen LogP contribution in [0.25, 0.3) is 16.9 Å². The first-order chi connectivity index (χ1) is 16.0. The first-order valence-electron chi connectivity index (χ1n) is 11.0. The lowest BCUT2D eigenvalue weighted by atomic mass is 10.0. The molecule has 2 aromatic carbocycles. The molecule has 1 fully saturated rings. The minimum Gasteiger partial charge on any atom is -0.378 e. The normalized spacial score (nSPS) is 14.0. The van der Waals surface area contributed by atoms with Gasteiger partial charge in [0, 0.05) is 36.7 Å². The summed E-state index contributed by atoms with van der Waals surface area (Å²) in [6, 6.07) is 15.0. The number of carbonyl (C=O) groups is 1. The van der Waals surface area contributed by atoms with Crippen LogP contribution in [0, 0.1) is 12.7 Å². The molecule has 2 aromatic heterocycles. The zero-order valence-electron chi connectivity index (χ0n) is 18.6. The van der Waals surface area contributed by atoms with Gasteiger partial charge in [-0.25, -0.2) is 9.37 Å². The van der Waals surface area contributed by atoms with Gasteiger partial charge in [0.25, 0.3) is 0 Å². The molecular formula is C26H25FN4O2. The number of aromatic nitrogens is 2. The van der Waals surface area contributed by atoms with Crippen LogP contribution in [0.3, 0.4) is 0 Å². The van der Waals surface area contributed by atoms with Crippen LogP contribution in [0.5, 0.6) is 0 Å². The predicted octanol–water partition coefficient (Wildman–Crippen LogP) is 5.23. The SMILES string of the molecule is CC(=O)c1ccc(-c2ccc(Nc3ccc(N4CCOCC4)c(F)c3)c3nccn23)cc1C. The van der Waals surface area contributed by atoms with Crippen LogP contribution in [-0.2, 0) is 4.74 Å². The van der Waals surface area contributed by atoms with E-state index in [-0.39, 0.29) is 11.6 Å². The summed E-state index contributed by atoms with van der Waals surface area (Å²) in [4.78, 5) is 18.3. The van der Waals surface area contributed by atoms with Crippen LogP contribution < -0.4 is 10.2 Å². The Balaban J connectivity index is 1.45. The number of hydrogen-bond donors (Lipinski definition) is 1. The number of rotatable bonds is 5. The molecule has 6 nitrogen and oxygen atoms in total. The summed E-state index contributed by atoms with van der Waals surface area (Å²) in [5.74, 6) is -0.211. The molecule has 3 heterocycles. The van der Waals surface area contributed by atoms with Gasteiger partial charge in [0.1, 0.15) is 5.82 Å². The lowest BCUT2D eigenvalue weighted by Gasteiger charge is -2.29. The molecule has 0 spiro atoms. The Morgan fingerprint density at radius 1 is 1.09 bits per heavy atom. The van der Waals surface area contributed by atoms with E-state index in [1.165, 1.54) is 6.07 Å². The maximum absolute atomic E-state index is 14.8. The minimum atomic E-state index is -0.265. The van der Waals surface area contributed by atoms with Crippen molar-refractivity contribution >= 4 is 28.5 Å². The van der Waals surface area contributed by atoms with Crippen molar-refractivity contribution in [3.8, 4) is 11.3 Å². The second kappa shape index (κ2) is 8.67. The van der Waals surface area contributed by atoms with Crippen molar-refractivity contribution in [3.63, 3.8) is 0 Å². The first kappa shape index (κ1) is 21.2. The molecule has 1 saturated heterocycles. The number of imidazole rings is 1. The number of hydrogen-bond acceptors (Lipinski definition) is 5. The van der Waals surface area contributed by atoms with E-state index in [4.69, 9.17) is 4.74 Å². The Labute approximate surface area is 191 Å². The molecule has 7 heteroatoms. The molecule has 4 aromatic rings. The van der Waals surface area contributed by atoms with E-state index in [0.29, 0.717) is 37.7 Å². The number of fused-ring (bicyclic) bond motifs is 1. The summed E-state index contributed by atoms with van der Waals surface area (Å²) in [5.41, 5.74) is 6.37. The Kier molecular flexibility index (Phi) is 5.56. The fraction of sp³-hybridized carbons (Fsp3) is 0.231. The van der Waals surface area contributed by atoms with Crippen molar-refractivity contribution in [2.24, 2.45) is 0 Å². The molecule has 33 heavy (non-hydrogen) atoms. The van der Waals surface area contributed by atoms with E-state index in [9.17, 15) is 9.18 Å². The van der Waals surface area contributed by atoms with E-state index in [1.54, 1.807) is 19.2 Å². The van der Waals surface area contributed by atoms with Crippen LogP contribution in [0.4, 0.5) is 21.5 Å². The number of pyridine rings is 1. The number of carbonyl (C=O) groups excluding carboxylic acids is 1. The third-order valence-corrected chi connectivity index (χ3v) is 6.03. The highest BCUT2D eigenvalue weighted by Gasteiger charge is 2.16. The van der Waals surface area contributed by atoms with E-state index in [2.05, 4.69) is 10.3 Å². The maximum atomic E-state index is 14.8. The van der Waals surface area contributed by atoms with Gasteiger partial charge in [0.2, 0.25) is 0 Å². The highest BCUT2D eigenvalue weighted by Crippen LogP contribution is 2.30. The number of ether oxygens (including phenoxy) is 1. The van der Waals surface area contributed by atoms with Crippen molar-refractivity contribution in [1.82, 2.24) is 9.38 Å². The molecule has 0 unspecified atom stereocenters. The van der Waals surface area contributed by atoms with Gasteiger partial charge in [0.15, 0.2) is 11.4 Å². The lowest BCUT2D eigenvalue weighted by Crippen LogP contribution is -2.36. The van der Waals surface area contributed by atoms with Crippen molar-refractivity contribution in [1.29, 1.82) is 0 Å². The van der Waals surface area contributed by atoms with Crippen LogP contribution >= 0.6 is 0 Å². The summed E-state index contributed by atoms with van der Waals surface area (Å²) >= 11 is 0. The quantitative estimate of drug-likeness (QED) is 0.427. The van der Waals surface area contributed by atoms with Crippen LogP contribution in [-0.4, -0.2) is 41.5 Å². The Morgan fingerprint density at radius 3 is 2.64 bits per heavy atom. The summed E-state index contributed by atoms with van der Waals surface area (Å²) in [7, 11) is 0. The van der Waals surface area contributed by atoms with Gasteiger partial charge < -0.3 is 15.0 Å². The Bertz CT molecular complexity index is 1340. The van der Waals surface area contributed by atoms with Gasteiger partial charge in [-0.3, -0.25) is 9.20 Å². The molecule has 1 aliphatic rings. The second-order valence-electron chi connectivity index (χ2n) is 8.23. The highest BCUT2D eigenvalue weighted by atomic mass is 19.1. The van der Waals surface area contributed by atoms with Gasteiger partial charge >= 0.3 is 0 Å². The molecule has 5 rings (SSSR count). The average Bonchev–Trinajstić information content (AvgIpc) is 3.30. The molecule has 0 atom stereocenters. The first-order valence-corrected chi connectivity index (χ1v) is 11.0. The topological polar surface area (TPSA) is 58.9 Å². The number of morpholine rings is 1. The molecule has 0 bridgehead atoms. The largest absolute Gasteiger partial charge is 0.378 e. The van der Waals surface area contributed by atoms with E-state index >= 15 is 0 Å². The third-order valence-electron chi connectivity index (χ3n) is 6.03. The fourth-order valence-electron chi connectivity index (χ4n) is 4.37. The number of benzene rings is 2. The van der Waals surface area contributed by atoms with Crippen LogP contribution in [0.15, 0.2) is 60.9 Å². The smallest absolute Gasteiger partial charge is 0.161 e. The average molecular weight is 445 g/mol. The van der Waals surface area contributed by atoms with Crippen molar-refractivity contribution in [2.45, 2.75) is 13.8 Å². The standard InChI is InChI=1S/C26H25FN4O2/c1-17-15-19(3-5-21(17)18(2)32)24-8-6-23(26-28-9-10-31(24)26)29-20-4-7-25(22(27)16-20)30-11-13-33-14-12-30/h3-10,15-16,29H,11-14H2,1-2H3. The number of halogens is 1. The van der Waals surface area contributed by atoms with Gasteiger partial charge in [-0.15, -0.1) is 0 Å². The number of ketones is 1. The van der Waals surface area contributed by atoms with Crippen LogP contribution in [0.2, 0.25) is 0 Å². The van der Waals surface area contributed by atoms with Gasteiger partial charge in [-0.1, -0.05) is 12.1 Å². The number of Topliss-reactive ketones (excluding diaryl/α,β-unsaturated/α-hetero) is 1. The van der Waals surface area contributed by atoms with Crippen molar-refractivity contribution < 1.29 is 13.9 Å². The molecular weight excluding hydrogens is 419 g/mol. The fourth-order valence-corrected chi connectivity index (χ4v) is 4.37. The Hall–Kier alpha value is -3.71. The zero-order chi connectivity index (χ0) is 22.9. The number of nitrogens with one attached hydrogen (secondary N) is 1. The van der Waals surface area contributed by atoms with E-state index in [1.807, 2.05) is 58.8 Å². The lowest BCUT2D eigenvalue weighted by molar-refractivity contribution is 0.101. The zero-order valence-corrected chi connectivity index (χ0v) is 18.6. The molecule has 1 N–H and O–H groups in total. The van der Waals surface area contributed by atoms with Gasteiger partial charge in [0.05, 0.1) is 30.3 Å². The monoisotopic (exact) mass is 444 g/mol. The van der Waals surface area contributed by atoms with Crippen LogP contribution in [0.1, 0.15) is 22.8 Å². The number of anilines is 3. The van der Waals surface area contributed by atoms with E-state index < -0.39 is 0 Å². The summed E-state index contributed by atoms with van der Waals surface area (Å²) in [6.45, 7) is 6.12. The predicted molar refractivity (Wildman–Crippen MR) is 128 cm³/mol. The highest BCUT2D eigenvalue weighted by molar-refractivity contribution is 5.96. The third kappa shape index (κ3) is 4.07. The van der Waals surface area contributed by atoms with Crippen molar-refractivity contribution in [2.75, 3.05) is 36.5 Å². The molecule has 0 radical (unpaired) electrons. The molecule has 1 aliphatic heterocycles. The second-order valence-corrected chi connectivity index (χ2v) is 8.23. The molecule has 0 aliphatic carbocycles. The number of aryl methyl sites for hydroxylation is 1. The summed E-state index contributed by atoms with van der Waals surface area (Å²) < 4.78 is 22.2.